The molecule has 2 aliphatic rings. The number of likely N-dealkylation sites (tertiary alicyclic amines) is 1. The number of nitrogens with zero attached hydrogens (tertiary/aromatic N) is 5. The Bertz CT molecular complexity index is 782. The highest BCUT2D eigenvalue weighted by Gasteiger charge is 2.42. The van der Waals surface area contributed by atoms with Crippen molar-refractivity contribution in [2.75, 3.05) is 19.6 Å². The maximum absolute atomic E-state index is 13.3. The Morgan fingerprint density at radius 3 is 2.92 bits per heavy atom. The number of rotatable bonds is 4. The lowest BCUT2D eigenvalue weighted by atomic mass is 9.89. The highest BCUT2D eigenvalue weighted by atomic mass is 16.5. The highest BCUT2D eigenvalue weighted by molar-refractivity contribution is 5.81. The van der Waals surface area contributed by atoms with Gasteiger partial charge in [0.25, 0.3) is 0 Å². The van der Waals surface area contributed by atoms with E-state index < -0.39 is 0 Å². The third-order valence-electron chi connectivity index (χ3n) is 5.47. The molecule has 8 heteroatoms. The van der Waals surface area contributed by atoms with Crippen LogP contribution in [0.5, 0.6) is 0 Å². The predicted molar refractivity (Wildman–Crippen MR) is 94.4 cm³/mol. The molecule has 8 nitrogen and oxygen atoms in total. The Hall–Kier alpha value is -2.22. The van der Waals surface area contributed by atoms with Gasteiger partial charge < -0.3 is 14.7 Å². The molecule has 26 heavy (non-hydrogen) atoms. The van der Waals surface area contributed by atoms with Crippen molar-refractivity contribution < 1.29 is 9.32 Å². The smallest absolute Gasteiger partial charge is 0.229 e. The standard InChI is InChI=1S/C18H26N6O2/c1-11(2)17-21-16(22-26-17)15-5-4-6-24(15)18(25)14-9-19-8-13(14)12-7-20-23(3)10-12/h7,10-11,13-15,19H,4-6,8-9H2,1-3H3/t13-,14+,15?/m1/s1. The summed E-state index contributed by atoms with van der Waals surface area (Å²) in [5.41, 5.74) is 1.12. The summed E-state index contributed by atoms with van der Waals surface area (Å²) >= 11 is 0. The number of aromatic nitrogens is 4. The van der Waals surface area contributed by atoms with Gasteiger partial charge in [0, 0.05) is 44.7 Å². The first-order valence-electron chi connectivity index (χ1n) is 9.38. The van der Waals surface area contributed by atoms with Gasteiger partial charge in [0.2, 0.25) is 11.8 Å². The lowest BCUT2D eigenvalue weighted by molar-refractivity contribution is -0.136. The number of amides is 1. The van der Waals surface area contributed by atoms with E-state index in [0.29, 0.717) is 18.3 Å². The van der Waals surface area contributed by atoms with E-state index in [4.69, 9.17) is 4.52 Å². The van der Waals surface area contributed by atoms with Gasteiger partial charge in [-0.05, 0) is 18.4 Å². The minimum atomic E-state index is -0.0751. The Balaban J connectivity index is 1.54. The van der Waals surface area contributed by atoms with E-state index in [-0.39, 0.29) is 29.7 Å². The lowest BCUT2D eigenvalue weighted by Gasteiger charge is -2.27. The van der Waals surface area contributed by atoms with Crippen molar-refractivity contribution >= 4 is 5.91 Å². The van der Waals surface area contributed by atoms with Crippen LogP contribution < -0.4 is 5.32 Å². The molecule has 2 aromatic rings. The lowest BCUT2D eigenvalue weighted by Crippen LogP contribution is -2.38. The van der Waals surface area contributed by atoms with Crippen LogP contribution in [0.1, 0.15) is 61.8 Å². The number of carbonyl (C=O) groups is 1. The molecule has 1 unspecified atom stereocenters. The summed E-state index contributed by atoms with van der Waals surface area (Å²) in [4.78, 5) is 19.8. The van der Waals surface area contributed by atoms with E-state index in [1.54, 1.807) is 4.68 Å². The first kappa shape index (κ1) is 17.2. The fourth-order valence-corrected chi connectivity index (χ4v) is 4.05. The Labute approximate surface area is 152 Å². The molecule has 0 aromatic carbocycles. The van der Waals surface area contributed by atoms with Crippen LogP contribution in [-0.4, -0.2) is 50.4 Å². The van der Waals surface area contributed by atoms with Gasteiger partial charge in [0.1, 0.15) is 0 Å². The summed E-state index contributed by atoms with van der Waals surface area (Å²) in [6, 6.07) is -0.0751. The van der Waals surface area contributed by atoms with Crippen LogP contribution >= 0.6 is 0 Å². The van der Waals surface area contributed by atoms with Crippen LogP contribution in [0.3, 0.4) is 0 Å². The maximum atomic E-state index is 13.3. The minimum absolute atomic E-state index is 0.0729. The monoisotopic (exact) mass is 358 g/mol. The maximum Gasteiger partial charge on any atom is 0.229 e. The molecule has 2 aliphatic heterocycles. The Morgan fingerprint density at radius 2 is 2.23 bits per heavy atom. The summed E-state index contributed by atoms with van der Waals surface area (Å²) in [6.45, 7) is 6.31. The third kappa shape index (κ3) is 3.02. The molecule has 2 fully saturated rings. The van der Waals surface area contributed by atoms with Gasteiger partial charge in [-0.3, -0.25) is 9.48 Å². The van der Waals surface area contributed by atoms with E-state index in [9.17, 15) is 4.79 Å². The van der Waals surface area contributed by atoms with Crippen molar-refractivity contribution in [2.45, 2.75) is 44.6 Å². The van der Waals surface area contributed by atoms with Crippen molar-refractivity contribution in [3.63, 3.8) is 0 Å². The van der Waals surface area contributed by atoms with Gasteiger partial charge in [-0.2, -0.15) is 10.1 Å². The predicted octanol–water partition coefficient (Wildman–Crippen LogP) is 1.59. The van der Waals surface area contributed by atoms with E-state index in [1.165, 1.54) is 0 Å². The van der Waals surface area contributed by atoms with Crippen LogP contribution in [0.15, 0.2) is 16.9 Å². The van der Waals surface area contributed by atoms with Crippen LogP contribution in [0, 0.1) is 5.92 Å². The van der Waals surface area contributed by atoms with Crippen LogP contribution in [0.2, 0.25) is 0 Å². The summed E-state index contributed by atoms with van der Waals surface area (Å²) in [5.74, 6) is 1.74. The van der Waals surface area contributed by atoms with Gasteiger partial charge in [-0.25, -0.2) is 0 Å². The van der Waals surface area contributed by atoms with E-state index in [0.717, 1.165) is 31.5 Å². The fraction of sp³-hybridized carbons (Fsp3) is 0.667. The first-order valence-corrected chi connectivity index (χ1v) is 9.38. The second-order valence-electron chi connectivity index (χ2n) is 7.65. The van der Waals surface area contributed by atoms with Crippen LogP contribution in [0.4, 0.5) is 0 Å². The molecule has 0 aliphatic carbocycles. The van der Waals surface area contributed by atoms with Gasteiger partial charge >= 0.3 is 0 Å². The average molecular weight is 358 g/mol. The Morgan fingerprint density at radius 1 is 1.38 bits per heavy atom. The molecular weight excluding hydrogens is 332 g/mol. The largest absolute Gasteiger partial charge is 0.339 e. The van der Waals surface area contributed by atoms with E-state index in [2.05, 4.69) is 20.6 Å². The molecule has 0 saturated carbocycles. The molecule has 1 amide bonds. The SMILES string of the molecule is CC(C)c1nc(C2CCCN2C(=O)[C@H]2CNC[C@@H]2c2cnn(C)c2)no1. The molecule has 3 atom stereocenters. The van der Waals surface area contributed by atoms with Crippen LogP contribution in [-0.2, 0) is 11.8 Å². The number of hydrogen-bond donors (Lipinski definition) is 1. The van der Waals surface area contributed by atoms with E-state index in [1.807, 2.05) is 38.2 Å². The summed E-state index contributed by atoms with van der Waals surface area (Å²) in [6.07, 6.45) is 5.74. The molecule has 140 valence electrons. The topological polar surface area (TPSA) is 89.1 Å². The number of aryl methyl sites for hydroxylation is 1. The number of carbonyl (C=O) groups excluding carboxylic acids is 1. The number of nitrogens with one attached hydrogen (secondary N) is 1. The zero-order valence-corrected chi connectivity index (χ0v) is 15.6. The van der Waals surface area contributed by atoms with Crippen molar-refractivity contribution in [1.29, 1.82) is 0 Å². The number of hydrogen-bond acceptors (Lipinski definition) is 6. The van der Waals surface area contributed by atoms with Crippen molar-refractivity contribution in [2.24, 2.45) is 13.0 Å². The summed E-state index contributed by atoms with van der Waals surface area (Å²) in [7, 11) is 1.90. The normalized spacial score (nSPS) is 26.2. The molecule has 2 saturated heterocycles. The molecule has 0 bridgehead atoms. The highest BCUT2D eigenvalue weighted by Crippen LogP contribution is 2.36. The minimum Gasteiger partial charge on any atom is -0.339 e. The van der Waals surface area contributed by atoms with Gasteiger partial charge in [0.05, 0.1) is 18.2 Å². The van der Waals surface area contributed by atoms with Gasteiger partial charge in [0.15, 0.2) is 5.82 Å². The fourth-order valence-electron chi connectivity index (χ4n) is 4.05. The third-order valence-corrected chi connectivity index (χ3v) is 5.47. The Kier molecular flexibility index (Phi) is 4.52. The zero-order valence-electron chi connectivity index (χ0n) is 15.6. The quantitative estimate of drug-likeness (QED) is 0.893. The first-order chi connectivity index (χ1) is 12.5. The molecule has 1 N–H and O–H groups in total. The van der Waals surface area contributed by atoms with Crippen molar-refractivity contribution in [1.82, 2.24) is 30.1 Å². The van der Waals surface area contributed by atoms with Crippen LogP contribution in [0.25, 0.3) is 0 Å². The molecule has 2 aromatic heterocycles. The molecule has 0 spiro atoms. The summed E-state index contributed by atoms with van der Waals surface area (Å²) < 4.78 is 7.16. The second-order valence-corrected chi connectivity index (χ2v) is 7.65. The van der Waals surface area contributed by atoms with Crippen molar-refractivity contribution in [3.05, 3.63) is 29.7 Å². The molecule has 0 radical (unpaired) electrons. The second kappa shape index (κ2) is 6.83. The van der Waals surface area contributed by atoms with E-state index >= 15 is 0 Å². The van der Waals surface area contributed by atoms with Gasteiger partial charge in [-0.15, -0.1) is 0 Å². The molecular formula is C18H26N6O2. The average Bonchev–Trinajstić information content (AvgIpc) is 3.37. The molecule has 4 rings (SSSR count). The van der Waals surface area contributed by atoms with Crippen molar-refractivity contribution in [3.8, 4) is 0 Å². The summed E-state index contributed by atoms with van der Waals surface area (Å²) in [5, 5.41) is 11.8. The van der Waals surface area contributed by atoms with Gasteiger partial charge in [-0.1, -0.05) is 19.0 Å². The molecule has 4 heterocycles. The zero-order chi connectivity index (χ0) is 18.3.